The normalized spacial score (nSPS) is 43.2. The lowest BCUT2D eigenvalue weighted by Crippen LogP contribution is -2.32. The summed E-state index contributed by atoms with van der Waals surface area (Å²) in [5.41, 5.74) is -0.325. The van der Waals surface area contributed by atoms with Gasteiger partial charge in [-0.25, -0.2) is 0 Å². The molecular formula is C10H16O3. The minimum absolute atomic E-state index is 0.105. The smallest absolute Gasteiger partial charge is 0.312 e. The van der Waals surface area contributed by atoms with Crippen molar-refractivity contribution in [1.29, 1.82) is 0 Å². The minimum atomic E-state index is -0.325. The minimum Gasteiger partial charge on any atom is -0.469 e. The highest BCUT2D eigenvalue weighted by molar-refractivity contribution is 5.78. The van der Waals surface area contributed by atoms with Crippen LogP contribution in [0.1, 0.15) is 32.1 Å². The SMILES string of the molecule is COC(=O)C12CCCC1CC(O)C2. The molecule has 3 nitrogen and oxygen atoms in total. The molecule has 0 spiro atoms. The van der Waals surface area contributed by atoms with Crippen LogP contribution >= 0.6 is 0 Å². The van der Waals surface area contributed by atoms with E-state index >= 15 is 0 Å². The Bertz CT molecular complexity index is 226. The van der Waals surface area contributed by atoms with E-state index in [0.29, 0.717) is 12.3 Å². The largest absolute Gasteiger partial charge is 0.469 e. The number of ether oxygens (including phenoxy) is 1. The fourth-order valence-electron chi connectivity index (χ4n) is 3.14. The molecule has 0 saturated heterocycles. The molecule has 0 aliphatic heterocycles. The molecule has 2 fully saturated rings. The highest BCUT2D eigenvalue weighted by Crippen LogP contribution is 2.54. The van der Waals surface area contributed by atoms with Gasteiger partial charge in [-0.2, -0.15) is 0 Å². The molecule has 0 amide bonds. The van der Waals surface area contributed by atoms with Gasteiger partial charge >= 0.3 is 5.97 Å². The second-order valence-electron chi connectivity index (χ2n) is 4.33. The zero-order chi connectivity index (χ0) is 9.47. The van der Waals surface area contributed by atoms with E-state index in [2.05, 4.69) is 0 Å². The molecule has 13 heavy (non-hydrogen) atoms. The van der Waals surface area contributed by atoms with Crippen molar-refractivity contribution in [3.8, 4) is 0 Å². The van der Waals surface area contributed by atoms with Crippen molar-refractivity contribution < 1.29 is 14.6 Å². The summed E-state index contributed by atoms with van der Waals surface area (Å²) in [7, 11) is 1.44. The van der Waals surface area contributed by atoms with Crippen LogP contribution in [0.2, 0.25) is 0 Å². The van der Waals surface area contributed by atoms with E-state index < -0.39 is 0 Å². The predicted molar refractivity (Wildman–Crippen MR) is 47.0 cm³/mol. The van der Waals surface area contributed by atoms with Crippen LogP contribution in [0.25, 0.3) is 0 Å². The number of esters is 1. The topological polar surface area (TPSA) is 46.5 Å². The maximum atomic E-state index is 11.6. The van der Waals surface area contributed by atoms with E-state index in [1.807, 2.05) is 0 Å². The summed E-state index contributed by atoms with van der Waals surface area (Å²) in [5.74, 6) is 0.265. The lowest BCUT2D eigenvalue weighted by molar-refractivity contribution is -0.154. The number of rotatable bonds is 1. The summed E-state index contributed by atoms with van der Waals surface area (Å²) in [4.78, 5) is 11.6. The third-order valence-electron chi connectivity index (χ3n) is 3.71. The Morgan fingerprint density at radius 1 is 1.62 bits per heavy atom. The Kier molecular flexibility index (Phi) is 2.06. The van der Waals surface area contributed by atoms with Crippen molar-refractivity contribution in [2.75, 3.05) is 7.11 Å². The lowest BCUT2D eigenvalue weighted by atomic mass is 9.80. The molecule has 3 atom stereocenters. The molecule has 0 radical (unpaired) electrons. The van der Waals surface area contributed by atoms with E-state index in [1.165, 1.54) is 7.11 Å². The summed E-state index contributed by atoms with van der Waals surface area (Å²) in [6.45, 7) is 0. The van der Waals surface area contributed by atoms with Gasteiger partial charge in [-0.05, 0) is 31.6 Å². The highest BCUT2D eigenvalue weighted by atomic mass is 16.5. The Morgan fingerprint density at radius 3 is 3.08 bits per heavy atom. The van der Waals surface area contributed by atoms with Gasteiger partial charge in [0.2, 0.25) is 0 Å². The quantitative estimate of drug-likeness (QED) is 0.621. The van der Waals surface area contributed by atoms with E-state index in [9.17, 15) is 9.90 Å². The Hall–Kier alpha value is -0.570. The van der Waals surface area contributed by atoms with Gasteiger partial charge in [0.05, 0.1) is 18.6 Å². The number of aliphatic hydroxyl groups excluding tert-OH is 1. The molecule has 2 aliphatic rings. The number of carbonyl (C=O) groups is 1. The van der Waals surface area contributed by atoms with Crippen LogP contribution in [-0.4, -0.2) is 24.3 Å². The van der Waals surface area contributed by atoms with Gasteiger partial charge in [-0.1, -0.05) is 6.42 Å². The Balaban J connectivity index is 2.23. The zero-order valence-corrected chi connectivity index (χ0v) is 7.95. The molecule has 3 unspecified atom stereocenters. The van der Waals surface area contributed by atoms with Gasteiger partial charge in [0.15, 0.2) is 0 Å². The van der Waals surface area contributed by atoms with E-state index in [-0.39, 0.29) is 17.5 Å². The van der Waals surface area contributed by atoms with E-state index in [1.54, 1.807) is 0 Å². The summed E-state index contributed by atoms with van der Waals surface area (Å²) >= 11 is 0. The number of fused-ring (bicyclic) bond motifs is 1. The molecule has 3 heteroatoms. The first kappa shape index (κ1) is 9.00. The average molecular weight is 184 g/mol. The first-order chi connectivity index (χ1) is 6.19. The third-order valence-corrected chi connectivity index (χ3v) is 3.71. The zero-order valence-electron chi connectivity index (χ0n) is 7.95. The second-order valence-corrected chi connectivity index (χ2v) is 4.33. The van der Waals surface area contributed by atoms with Crippen LogP contribution in [0.4, 0.5) is 0 Å². The second kappa shape index (κ2) is 2.98. The summed E-state index contributed by atoms with van der Waals surface area (Å²) in [5, 5.41) is 9.54. The van der Waals surface area contributed by atoms with Crippen LogP contribution < -0.4 is 0 Å². The van der Waals surface area contributed by atoms with E-state index in [0.717, 1.165) is 25.7 Å². The van der Waals surface area contributed by atoms with Crippen LogP contribution in [0.15, 0.2) is 0 Å². The number of hydrogen-bond acceptors (Lipinski definition) is 3. The maximum Gasteiger partial charge on any atom is 0.312 e. The molecule has 0 aromatic rings. The molecule has 0 aromatic carbocycles. The van der Waals surface area contributed by atoms with Crippen LogP contribution in [0.3, 0.4) is 0 Å². The van der Waals surface area contributed by atoms with Crippen LogP contribution in [-0.2, 0) is 9.53 Å². The molecule has 0 bridgehead atoms. The van der Waals surface area contributed by atoms with Gasteiger partial charge in [0.25, 0.3) is 0 Å². The molecule has 74 valence electrons. The van der Waals surface area contributed by atoms with E-state index in [4.69, 9.17) is 4.74 Å². The van der Waals surface area contributed by atoms with Gasteiger partial charge in [-0.15, -0.1) is 0 Å². The number of aliphatic hydroxyl groups is 1. The molecule has 1 N–H and O–H groups in total. The first-order valence-corrected chi connectivity index (χ1v) is 4.95. The lowest BCUT2D eigenvalue weighted by Gasteiger charge is -2.25. The molecule has 2 rings (SSSR count). The van der Waals surface area contributed by atoms with Crippen molar-refractivity contribution in [3.63, 3.8) is 0 Å². The molecule has 0 aromatic heterocycles. The number of hydrogen-bond donors (Lipinski definition) is 1. The monoisotopic (exact) mass is 184 g/mol. The molecular weight excluding hydrogens is 168 g/mol. The van der Waals surface area contributed by atoms with Gasteiger partial charge in [0, 0.05) is 0 Å². The summed E-state index contributed by atoms with van der Waals surface area (Å²) < 4.78 is 4.84. The fraction of sp³-hybridized carbons (Fsp3) is 0.900. The third kappa shape index (κ3) is 1.17. The van der Waals surface area contributed by atoms with Gasteiger partial charge < -0.3 is 9.84 Å². The molecule has 2 aliphatic carbocycles. The van der Waals surface area contributed by atoms with Crippen molar-refractivity contribution in [2.45, 2.75) is 38.2 Å². The predicted octanol–water partition coefficient (Wildman–Crippen LogP) is 1.10. The van der Waals surface area contributed by atoms with Crippen molar-refractivity contribution >= 4 is 5.97 Å². The van der Waals surface area contributed by atoms with Gasteiger partial charge in [-0.3, -0.25) is 4.79 Å². The van der Waals surface area contributed by atoms with Crippen molar-refractivity contribution in [3.05, 3.63) is 0 Å². The van der Waals surface area contributed by atoms with Crippen LogP contribution in [0.5, 0.6) is 0 Å². The highest BCUT2D eigenvalue weighted by Gasteiger charge is 2.55. The standard InChI is InChI=1S/C10H16O3/c1-13-9(12)10-4-2-3-7(10)5-8(11)6-10/h7-8,11H,2-6H2,1H3. The number of carbonyl (C=O) groups excluding carboxylic acids is 1. The fourth-order valence-corrected chi connectivity index (χ4v) is 3.14. The Morgan fingerprint density at radius 2 is 2.38 bits per heavy atom. The summed E-state index contributed by atoms with van der Waals surface area (Å²) in [6, 6.07) is 0. The average Bonchev–Trinajstić information content (AvgIpc) is 2.59. The maximum absolute atomic E-state index is 11.6. The van der Waals surface area contributed by atoms with Gasteiger partial charge in [0.1, 0.15) is 0 Å². The molecule has 0 heterocycles. The summed E-state index contributed by atoms with van der Waals surface area (Å²) in [6.07, 6.45) is 4.20. The number of methoxy groups -OCH3 is 1. The Labute approximate surface area is 78.1 Å². The molecule has 2 saturated carbocycles. The van der Waals surface area contributed by atoms with Crippen LogP contribution in [0, 0.1) is 11.3 Å². The van der Waals surface area contributed by atoms with Crippen molar-refractivity contribution in [1.82, 2.24) is 0 Å². The first-order valence-electron chi connectivity index (χ1n) is 4.95. The van der Waals surface area contributed by atoms with Crippen molar-refractivity contribution in [2.24, 2.45) is 11.3 Å².